The number of carbonyl (C=O) groups excluding carboxylic acids is 1. The van der Waals surface area contributed by atoms with Crippen LogP contribution in [0.25, 0.3) is 0 Å². The van der Waals surface area contributed by atoms with Crippen LogP contribution in [0, 0.1) is 0 Å². The number of rotatable bonds is 4. The highest BCUT2D eigenvalue weighted by Gasteiger charge is 2.19. The monoisotopic (exact) mass is 360 g/mol. The molecule has 132 valence electrons. The predicted octanol–water partition coefficient (Wildman–Crippen LogP) is 1.94. The van der Waals surface area contributed by atoms with E-state index in [2.05, 4.69) is 17.3 Å². The molecule has 25 heavy (non-hydrogen) atoms. The van der Waals surface area contributed by atoms with Crippen LogP contribution in [0.2, 0.25) is 5.02 Å². The summed E-state index contributed by atoms with van der Waals surface area (Å²) in [5.74, 6) is 0.326. The Bertz CT molecular complexity index is 758. The Balaban J connectivity index is 1.73. The van der Waals surface area contributed by atoms with Gasteiger partial charge in [0, 0.05) is 5.69 Å². The summed E-state index contributed by atoms with van der Waals surface area (Å²) in [5, 5.41) is 3.54. The SMILES string of the molecule is COc1ccccc1C(=O)Nc1ccc(N2CC[NH+](C)CC2)c(Cl)c1. The second-order valence-corrected chi connectivity index (χ2v) is 6.67. The second-order valence-electron chi connectivity index (χ2n) is 6.26. The molecule has 1 heterocycles. The largest absolute Gasteiger partial charge is 0.496 e. The third kappa shape index (κ3) is 4.06. The van der Waals surface area contributed by atoms with Gasteiger partial charge in [-0.1, -0.05) is 23.7 Å². The molecular weight excluding hydrogens is 338 g/mol. The quantitative estimate of drug-likeness (QED) is 0.876. The minimum Gasteiger partial charge on any atom is -0.496 e. The minimum atomic E-state index is -0.218. The lowest BCUT2D eigenvalue weighted by Crippen LogP contribution is -3.12. The van der Waals surface area contributed by atoms with Crippen molar-refractivity contribution in [3.8, 4) is 5.75 Å². The Morgan fingerprint density at radius 1 is 1.20 bits per heavy atom. The first-order valence-corrected chi connectivity index (χ1v) is 8.76. The molecule has 1 amide bonds. The lowest BCUT2D eigenvalue weighted by Gasteiger charge is -2.32. The number of nitrogens with zero attached hydrogens (tertiary/aromatic N) is 1. The average Bonchev–Trinajstić information content (AvgIpc) is 2.63. The summed E-state index contributed by atoms with van der Waals surface area (Å²) in [6.07, 6.45) is 0. The molecule has 2 N–H and O–H groups in total. The van der Waals surface area contributed by atoms with Crippen LogP contribution in [0.3, 0.4) is 0 Å². The van der Waals surface area contributed by atoms with Crippen molar-refractivity contribution in [2.75, 3.05) is 50.6 Å². The highest BCUT2D eigenvalue weighted by molar-refractivity contribution is 6.33. The van der Waals surface area contributed by atoms with Gasteiger partial charge >= 0.3 is 0 Å². The van der Waals surface area contributed by atoms with Gasteiger partial charge in [-0.2, -0.15) is 0 Å². The first-order chi connectivity index (χ1) is 12.1. The lowest BCUT2D eigenvalue weighted by molar-refractivity contribution is -0.880. The van der Waals surface area contributed by atoms with Crippen molar-refractivity contribution in [2.45, 2.75) is 0 Å². The molecule has 0 unspecified atom stereocenters. The molecule has 1 aliphatic heterocycles. The van der Waals surface area contributed by atoms with E-state index in [1.165, 1.54) is 4.90 Å². The van der Waals surface area contributed by atoms with E-state index in [-0.39, 0.29) is 5.91 Å². The molecule has 0 spiro atoms. The number of carbonyl (C=O) groups is 1. The Morgan fingerprint density at radius 3 is 2.60 bits per heavy atom. The molecule has 1 aliphatic rings. The molecule has 2 aromatic rings. The van der Waals surface area contributed by atoms with E-state index in [1.807, 2.05) is 24.3 Å². The number of anilines is 2. The topological polar surface area (TPSA) is 46.0 Å². The summed E-state index contributed by atoms with van der Waals surface area (Å²) in [5.41, 5.74) is 2.18. The first-order valence-electron chi connectivity index (χ1n) is 8.38. The molecule has 2 aromatic carbocycles. The number of methoxy groups -OCH3 is 1. The highest BCUT2D eigenvalue weighted by Crippen LogP contribution is 2.29. The maximum atomic E-state index is 12.5. The molecule has 0 bridgehead atoms. The summed E-state index contributed by atoms with van der Waals surface area (Å²) < 4.78 is 5.24. The molecule has 0 saturated carbocycles. The fourth-order valence-electron chi connectivity index (χ4n) is 3.00. The fourth-order valence-corrected chi connectivity index (χ4v) is 3.30. The number of ether oxygens (including phenoxy) is 1. The Hall–Kier alpha value is -2.24. The van der Waals surface area contributed by atoms with Crippen molar-refractivity contribution >= 4 is 28.9 Å². The Labute approximate surface area is 153 Å². The third-order valence-electron chi connectivity index (χ3n) is 4.51. The van der Waals surface area contributed by atoms with Gasteiger partial charge in [-0.3, -0.25) is 4.79 Å². The van der Waals surface area contributed by atoms with Crippen LogP contribution in [0.15, 0.2) is 42.5 Å². The summed E-state index contributed by atoms with van der Waals surface area (Å²) in [4.78, 5) is 16.3. The first kappa shape index (κ1) is 17.6. The number of para-hydroxylation sites is 1. The standard InChI is InChI=1S/C19H22ClN3O2/c1-22-9-11-23(12-10-22)17-8-7-14(13-16(17)20)21-19(24)15-5-3-4-6-18(15)25-2/h3-8,13H,9-12H2,1-2H3,(H,21,24)/p+1. The van der Waals surface area contributed by atoms with Crippen LogP contribution in [0.1, 0.15) is 10.4 Å². The molecule has 3 rings (SSSR count). The summed E-state index contributed by atoms with van der Waals surface area (Å²) in [6, 6.07) is 12.8. The van der Waals surface area contributed by atoms with E-state index in [4.69, 9.17) is 16.3 Å². The van der Waals surface area contributed by atoms with E-state index in [0.29, 0.717) is 22.0 Å². The average molecular weight is 361 g/mol. The number of hydrogen-bond acceptors (Lipinski definition) is 3. The van der Waals surface area contributed by atoms with E-state index in [0.717, 1.165) is 31.9 Å². The highest BCUT2D eigenvalue weighted by atomic mass is 35.5. The normalized spacial score (nSPS) is 15.1. The van der Waals surface area contributed by atoms with Gasteiger partial charge in [0.1, 0.15) is 5.75 Å². The third-order valence-corrected chi connectivity index (χ3v) is 4.82. The van der Waals surface area contributed by atoms with Crippen LogP contribution in [0.4, 0.5) is 11.4 Å². The van der Waals surface area contributed by atoms with Gasteiger partial charge in [0.2, 0.25) is 0 Å². The van der Waals surface area contributed by atoms with Crippen molar-refractivity contribution in [2.24, 2.45) is 0 Å². The van der Waals surface area contributed by atoms with E-state index >= 15 is 0 Å². The van der Waals surface area contributed by atoms with Crippen LogP contribution in [-0.2, 0) is 0 Å². The second kappa shape index (κ2) is 7.76. The Kier molecular flexibility index (Phi) is 5.46. The maximum absolute atomic E-state index is 12.5. The number of likely N-dealkylation sites (N-methyl/N-ethyl adjacent to an activating group) is 1. The lowest BCUT2D eigenvalue weighted by atomic mass is 10.1. The van der Waals surface area contributed by atoms with Gasteiger partial charge in [0.05, 0.1) is 56.6 Å². The van der Waals surface area contributed by atoms with E-state index < -0.39 is 0 Å². The number of halogens is 1. The van der Waals surface area contributed by atoms with Gasteiger partial charge in [-0.15, -0.1) is 0 Å². The van der Waals surface area contributed by atoms with Gasteiger partial charge in [0.25, 0.3) is 5.91 Å². The Morgan fingerprint density at radius 2 is 1.92 bits per heavy atom. The zero-order chi connectivity index (χ0) is 17.8. The molecule has 1 fully saturated rings. The minimum absolute atomic E-state index is 0.218. The molecule has 6 heteroatoms. The molecule has 0 radical (unpaired) electrons. The number of hydrogen-bond donors (Lipinski definition) is 2. The fraction of sp³-hybridized carbons (Fsp3) is 0.316. The molecule has 0 aromatic heterocycles. The molecule has 1 saturated heterocycles. The van der Waals surface area contributed by atoms with Gasteiger partial charge in [-0.25, -0.2) is 0 Å². The number of quaternary nitrogens is 1. The van der Waals surface area contributed by atoms with Gasteiger partial charge in [-0.05, 0) is 30.3 Å². The smallest absolute Gasteiger partial charge is 0.259 e. The number of benzene rings is 2. The zero-order valence-corrected chi connectivity index (χ0v) is 15.3. The van der Waals surface area contributed by atoms with Crippen LogP contribution in [0.5, 0.6) is 5.75 Å². The van der Waals surface area contributed by atoms with Crippen molar-refractivity contribution < 1.29 is 14.4 Å². The molecule has 5 nitrogen and oxygen atoms in total. The summed E-state index contributed by atoms with van der Waals surface area (Å²) in [6.45, 7) is 4.17. The van der Waals surface area contributed by atoms with Crippen molar-refractivity contribution in [3.05, 3.63) is 53.1 Å². The van der Waals surface area contributed by atoms with Crippen LogP contribution in [-0.4, -0.2) is 46.2 Å². The summed E-state index contributed by atoms with van der Waals surface area (Å²) >= 11 is 6.46. The molecule has 0 aliphatic carbocycles. The zero-order valence-electron chi connectivity index (χ0n) is 14.5. The van der Waals surface area contributed by atoms with Crippen LogP contribution >= 0.6 is 11.6 Å². The molecular formula is C19H23ClN3O2+. The predicted molar refractivity (Wildman–Crippen MR) is 101 cm³/mol. The number of piperazine rings is 1. The van der Waals surface area contributed by atoms with Crippen LogP contribution < -0.4 is 19.9 Å². The maximum Gasteiger partial charge on any atom is 0.259 e. The van der Waals surface area contributed by atoms with Gasteiger partial charge < -0.3 is 19.9 Å². The number of nitrogens with one attached hydrogen (secondary N) is 2. The van der Waals surface area contributed by atoms with Gasteiger partial charge in [0.15, 0.2) is 0 Å². The molecule has 0 atom stereocenters. The summed E-state index contributed by atoms with van der Waals surface area (Å²) in [7, 11) is 3.75. The van der Waals surface area contributed by atoms with Crippen molar-refractivity contribution in [1.82, 2.24) is 0 Å². The van der Waals surface area contributed by atoms with E-state index in [1.54, 1.807) is 25.3 Å². The van der Waals surface area contributed by atoms with Crippen molar-refractivity contribution in [1.29, 1.82) is 0 Å². The van der Waals surface area contributed by atoms with Crippen molar-refractivity contribution in [3.63, 3.8) is 0 Å². The number of amides is 1. The van der Waals surface area contributed by atoms with E-state index in [9.17, 15) is 4.79 Å².